The van der Waals surface area contributed by atoms with Crippen LogP contribution in [0.25, 0.3) is 0 Å². The second kappa shape index (κ2) is 5.62. The van der Waals surface area contributed by atoms with E-state index in [2.05, 4.69) is 4.74 Å². The fourth-order valence-electron chi connectivity index (χ4n) is 0.299. The number of rotatable bonds is 3. The monoisotopic (exact) mass is 277 g/mol. The first kappa shape index (κ1) is 9.85. The number of methoxy groups -OCH3 is 1. The standard InChI is InChI=1S/C4H7O2.2ClH.Sn/c1-3-4(5)6-2;;;/h1,3H2,2H3;2*1H;/q;;;+2/p-2. The van der Waals surface area contributed by atoms with Gasteiger partial charge in [0.15, 0.2) is 0 Å². The predicted octanol–water partition coefficient (Wildman–Crippen LogP) is 1.52. The number of hydrogen-bond donors (Lipinski definition) is 0. The fraction of sp³-hybridized carbons (Fsp3) is 0.750. The minimum atomic E-state index is -2.07. The van der Waals surface area contributed by atoms with Crippen LogP contribution < -0.4 is 0 Å². The molecule has 0 atom stereocenters. The van der Waals surface area contributed by atoms with E-state index in [4.69, 9.17) is 17.8 Å². The molecule has 0 aromatic heterocycles. The summed E-state index contributed by atoms with van der Waals surface area (Å²) in [6.45, 7) is 0. The van der Waals surface area contributed by atoms with E-state index in [9.17, 15) is 4.79 Å². The quantitative estimate of drug-likeness (QED) is 0.577. The van der Waals surface area contributed by atoms with Crippen LogP contribution in [0.2, 0.25) is 4.44 Å². The molecule has 0 aliphatic rings. The molecule has 0 unspecified atom stereocenters. The predicted molar refractivity (Wildman–Crippen MR) is 38.9 cm³/mol. The van der Waals surface area contributed by atoms with Gasteiger partial charge in [-0.3, -0.25) is 0 Å². The molecule has 9 heavy (non-hydrogen) atoms. The van der Waals surface area contributed by atoms with Crippen LogP contribution in [-0.2, 0) is 9.53 Å². The van der Waals surface area contributed by atoms with Gasteiger partial charge in [-0.2, -0.15) is 0 Å². The van der Waals surface area contributed by atoms with Crippen molar-refractivity contribution in [3.8, 4) is 0 Å². The molecule has 0 aromatic carbocycles. The molecule has 0 fully saturated rings. The van der Waals surface area contributed by atoms with Gasteiger partial charge in [0, 0.05) is 0 Å². The molecule has 0 saturated heterocycles. The molecule has 1 radical (unpaired) electrons. The number of ether oxygens (including phenoxy) is 1. The maximum absolute atomic E-state index is 10.4. The summed E-state index contributed by atoms with van der Waals surface area (Å²) in [4.78, 5) is 10.4. The SMILES string of the molecule is COC(=O)C[CH2][Sn]([Cl])[Cl]. The van der Waals surface area contributed by atoms with Crippen LogP contribution in [-0.4, -0.2) is 30.6 Å². The van der Waals surface area contributed by atoms with Gasteiger partial charge in [0.25, 0.3) is 0 Å². The molecular weight excluding hydrogens is 270 g/mol. The molecule has 0 heterocycles. The summed E-state index contributed by atoms with van der Waals surface area (Å²) in [6.07, 6.45) is 0.373. The Bertz CT molecular complexity index is 96.6. The third-order valence-electron chi connectivity index (χ3n) is 0.746. The van der Waals surface area contributed by atoms with E-state index in [-0.39, 0.29) is 5.97 Å². The number of carbonyl (C=O) groups is 1. The Morgan fingerprint density at radius 1 is 1.67 bits per heavy atom. The van der Waals surface area contributed by atoms with E-state index in [1.54, 1.807) is 0 Å². The molecule has 0 saturated carbocycles. The molecule has 53 valence electrons. The first-order chi connectivity index (χ1) is 4.16. The van der Waals surface area contributed by atoms with Crippen molar-refractivity contribution >= 4 is 41.3 Å². The van der Waals surface area contributed by atoms with Crippen molar-refractivity contribution in [2.75, 3.05) is 7.11 Å². The summed E-state index contributed by atoms with van der Waals surface area (Å²) in [5, 5.41) is 0. The maximum atomic E-state index is 10.4. The van der Waals surface area contributed by atoms with E-state index in [1.165, 1.54) is 7.11 Å². The summed E-state index contributed by atoms with van der Waals surface area (Å²) < 4.78 is 5.03. The van der Waals surface area contributed by atoms with Crippen LogP contribution >= 0.6 is 17.8 Å². The number of halogens is 2. The summed E-state index contributed by atoms with van der Waals surface area (Å²) >= 11 is -2.07. The molecule has 0 N–H and O–H groups in total. The molecule has 0 aliphatic carbocycles. The van der Waals surface area contributed by atoms with Gasteiger partial charge in [0.1, 0.15) is 0 Å². The molecule has 0 aliphatic heterocycles. The summed E-state index contributed by atoms with van der Waals surface area (Å²) in [6, 6.07) is 0. The first-order valence-corrected chi connectivity index (χ1v) is 11.6. The van der Waals surface area contributed by atoms with Crippen LogP contribution in [0.4, 0.5) is 0 Å². The summed E-state index contributed by atoms with van der Waals surface area (Å²) in [7, 11) is 12.4. The number of hydrogen-bond acceptors (Lipinski definition) is 2. The Morgan fingerprint density at radius 2 is 2.22 bits per heavy atom. The van der Waals surface area contributed by atoms with Gasteiger partial charge in [0.05, 0.1) is 0 Å². The Kier molecular flexibility index (Phi) is 6.15. The molecule has 0 bridgehead atoms. The van der Waals surface area contributed by atoms with Gasteiger partial charge >= 0.3 is 68.8 Å². The Balaban J connectivity index is 3.17. The van der Waals surface area contributed by atoms with Crippen molar-refractivity contribution in [3.63, 3.8) is 0 Å². The average molecular weight is 277 g/mol. The molecule has 5 heteroatoms. The van der Waals surface area contributed by atoms with Crippen LogP contribution in [0.5, 0.6) is 0 Å². The zero-order valence-corrected chi connectivity index (χ0v) is 9.35. The van der Waals surface area contributed by atoms with Crippen molar-refractivity contribution in [3.05, 3.63) is 0 Å². The normalized spacial score (nSPS) is 9.78. The van der Waals surface area contributed by atoms with E-state index in [0.29, 0.717) is 10.9 Å². The minimum absolute atomic E-state index is 0.227. The van der Waals surface area contributed by atoms with E-state index in [1.807, 2.05) is 0 Å². The molecule has 2 nitrogen and oxygen atoms in total. The van der Waals surface area contributed by atoms with Gasteiger partial charge in [-0.05, 0) is 0 Å². The first-order valence-electron chi connectivity index (χ1n) is 2.40. The number of esters is 1. The van der Waals surface area contributed by atoms with Crippen molar-refractivity contribution in [2.45, 2.75) is 10.9 Å². The second-order valence-corrected chi connectivity index (χ2v) is 12.2. The Labute approximate surface area is 68.6 Å². The molecule has 0 spiro atoms. The van der Waals surface area contributed by atoms with Gasteiger partial charge < -0.3 is 0 Å². The van der Waals surface area contributed by atoms with Crippen LogP contribution in [0.15, 0.2) is 0 Å². The summed E-state index contributed by atoms with van der Waals surface area (Å²) in [5.74, 6) is -0.227. The van der Waals surface area contributed by atoms with Crippen molar-refractivity contribution < 1.29 is 9.53 Å². The topological polar surface area (TPSA) is 26.3 Å². The van der Waals surface area contributed by atoms with Gasteiger partial charge in [-0.1, -0.05) is 0 Å². The van der Waals surface area contributed by atoms with Crippen LogP contribution in [0.3, 0.4) is 0 Å². The fourth-order valence-corrected chi connectivity index (χ4v) is 2.69. The van der Waals surface area contributed by atoms with E-state index >= 15 is 0 Å². The van der Waals surface area contributed by atoms with Crippen LogP contribution in [0, 0.1) is 0 Å². The van der Waals surface area contributed by atoms with Crippen molar-refractivity contribution in [1.29, 1.82) is 0 Å². The third kappa shape index (κ3) is 6.74. The molecule has 0 aromatic rings. The van der Waals surface area contributed by atoms with E-state index in [0.717, 1.165) is 0 Å². The Hall–Kier alpha value is 0.849. The molecule has 0 rings (SSSR count). The second-order valence-electron chi connectivity index (χ2n) is 1.41. The average Bonchev–Trinajstić information content (AvgIpc) is 1.83. The van der Waals surface area contributed by atoms with Gasteiger partial charge in [0.2, 0.25) is 0 Å². The number of carbonyl (C=O) groups excluding carboxylic acids is 1. The van der Waals surface area contributed by atoms with Crippen molar-refractivity contribution in [1.82, 2.24) is 0 Å². The molecule has 0 amide bonds. The molecular formula is C4H7Cl2O2Sn. The van der Waals surface area contributed by atoms with Gasteiger partial charge in [-0.15, -0.1) is 0 Å². The van der Waals surface area contributed by atoms with Crippen molar-refractivity contribution in [2.24, 2.45) is 0 Å². The van der Waals surface area contributed by atoms with E-state index < -0.39 is 17.5 Å². The zero-order chi connectivity index (χ0) is 7.28. The summed E-state index contributed by atoms with van der Waals surface area (Å²) in [5.41, 5.74) is 0. The zero-order valence-electron chi connectivity index (χ0n) is 4.99. The third-order valence-corrected chi connectivity index (χ3v) is 5.07. The van der Waals surface area contributed by atoms with Crippen LogP contribution in [0.1, 0.15) is 6.42 Å². The van der Waals surface area contributed by atoms with Gasteiger partial charge in [-0.25, -0.2) is 0 Å². The Morgan fingerprint density at radius 3 is 2.56 bits per heavy atom.